The molecule has 1 spiro atoms. The van der Waals surface area contributed by atoms with Crippen molar-refractivity contribution in [3.63, 3.8) is 0 Å². The van der Waals surface area contributed by atoms with Gasteiger partial charge >= 0.3 is 0 Å². The Morgan fingerprint density at radius 1 is 1.10 bits per heavy atom. The molecule has 0 saturated heterocycles. The molecule has 250 valence electrons. The van der Waals surface area contributed by atoms with Crippen LogP contribution in [0.5, 0.6) is 5.75 Å². The highest BCUT2D eigenvalue weighted by Crippen LogP contribution is 2.45. The monoisotopic (exact) mass is 647 g/mol. The van der Waals surface area contributed by atoms with Crippen molar-refractivity contribution in [2.24, 2.45) is 0 Å². The summed E-state index contributed by atoms with van der Waals surface area (Å²) in [6, 6.07) is 19.1. The minimum absolute atomic E-state index is 0.0164. The lowest BCUT2D eigenvalue weighted by atomic mass is 9.85. The Bertz CT molecular complexity index is 1810. The predicted molar refractivity (Wildman–Crippen MR) is 186 cm³/mol. The number of nitrogens with zero attached hydrogens (tertiary/aromatic N) is 3. The van der Waals surface area contributed by atoms with Gasteiger partial charge in [0.25, 0.3) is 11.5 Å². The first-order valence-electron chi connectivity index (χ1n) is 17.4. The fourth-order valence-corrected chi connectivity index (χ4v) is 7.59. The van der Waals surface area contributed by atoms with E-state index in [0.717, 1.165) is 68.2 Å². The fourth-order valence-electron chi connectivity index (χ4n) is 7.59. The lowest BCUT2D eigenvalue weighted by Crippen LogP contribution is -2.50. The maximum atomic E-state index is 14.0. The van der Waals surface area contributed by atoms with E-state index in [1.54, 1.807) is 35.3 Å². The van der Waals surface area contributed by atoms with Crippen molar-refractivity contribution in [2.75, 3.05) is 6.54 Å². The summed E-state index contributed by atoms with van der Waals surface area (Å²) < 4.78 is 9.79. The Balaban J connectivity index is 1.15. The predicted octanol–water partition coefficient (Wildman–Crippen LogP) is 5.62. The lowest BCUT2D eigenvalue weighted by Gasteiger charge is -2.40. The topological polar surface area (TPSA) is 110 Å². The minimum Gasteiger partial charge on any atom is -0.483 e. The zero-order chi connectivity index (χ0) is 33.1. The minimum atomic E-state index is -0.892. The molecule has 0 bridgehead atoms. The molecule has 9 heteroatoms. The summed E-state index contributed by atoms with van der Waals surface area (Å²) in [4.78, 5) is 27.6. The van der Waals surface area contributed by atoms with Crippen LogP contribution in [0.4, 0.5) is 0 Å². The molecule has 4 atom stereocenters. The average molecular weight is 648 g/mol. The second-order valence-electron chi connectivity index (χ2n) is 13.6. The van der Waals surface area contributed by atoms with Crippen molar-refractivity contribution < 1.29 is 14.6 Å². The largest absolute Gasteiger partial charge is 0.483 e. The van der Waals surface area contributed by atoms with Crippen LogP contribution in [0.2, 0.25) is 0 Å². The van der Waals surface area contributed by atoms with Crippen LogP contribution in [0.3, 0.4) is 0 Å². The molecular weight excluding hydrogens is 602 g/mol. The maximum Gasteiger partial charge on any atom is 0.276 e. The molecular formula is C39H45N5O4. The van der Waals surface area contributed by atoms with E-state index >= 15 is 0 Å². The van der Waals surface area contributed by atoms with Gasteiger partial charge in [0.15, 0.2) is 0 Å². The van der Waals surface area contributed by atoms with Gasteiger partial charge in [-0.3, -0.25) is 9.59 Å². The smallest absolute Gasteiger partial charge is 0.276 e. The summed E-state index contributed by atoms with van der Waals surface area (Å²) >= 11 is 0. The first-order chi connectivity index (χ1) is 23.4. The number of aliphatic hydroxyl groups is 1. The maximum absolute atomic E-state index is 14.0. The molecule has 0 radical (unpaired) electrons. The number of hydrogen-bond donors (Lipinski definition) is 3. The Kier molecular flexibility index (Phi) is 9.32. The molecule has 1 fully saturated rings. The molecule has 7 rings (SSSR count). The van der Waals surface area contributed by atoms with Crippen molar-refractivity contribution in [3.05, 3.63) is 124 Å². The number of nitrogens with one attached hydrogen (secondary N) is 2. The number of benzene rings is 2. The van der Waals surface area contributed by atoms with Gasteiger partial charge in [0.05, 0.1) is 17.7 Å². The van der Waals surface area contributed by atoms with Crippen LogP contribution in [0.1, 0.15) is 91.0 Å². The molecule has 2 unspecified atom stereocenters. The number of aromatic nitrogens is 3. The zero-order valence-corrected chi connectivity index (χ0v) is 27.6. The molecule has 1 saturated carbocycles. The molecule has 2 aliphatic carbocycles. The molecule has 48 heavy (non-hydrogen) atoms. The number of fused-ring (bicyclic) bond motifs is 1. The first-order valence-corrected chi connectivity index (χ1v) is 17.4. The average Bonchev–Trinajstić information content (AvgIpc) is 3.92. The number of aliphatic hydroxyl groups excluding tert-OH is 1. The van der Waals surface area contributed by atoms with E-state index in [1.165, 1.54) is 10.2 Å². The molecule has 9 nitrogen and oxygen atoms in total. The summed E-state index contributed by atoms with van der Waals surface area (Å²) in [5.74, 6) is 0.547. The summed E-state index contributed by atoms with van der Waals surface area (Å²) in [6.07, 6.45) is 16.5. The van der Waals surface area contributed by atoms with Gasteiger partial charge in [0, 0.05) is 49.2 Å². The van der Waals surface area contributed by atoms with E-state index in [0.29, 0.717) is 17.7 Å². The normalized spacial score (nSPS) is 21.6. The van der Waals surface area contributed by atoms with Gasteiger partial charge in [-0.25, -0.2) is 4.68 Å². The Labute approximate surface area is 281 Å². The number of rotatable bonds is 11. The Morgan fingerprint density at radius 3 is 2.67 bits per heavy atom. The quantitative estimate of drug-likeness (QED) is 0.183. The van der Waals surface area contributed by atoms with Gasteiger partial charge in [-0.05, 0) is 73.9 Å². The number of ether oxygens (including phenoxy) is 1. The van der Waals surface area contributed by atoms with Crippen LogP contribution in [0.15, 0.2) is 96.2 Å². The second-order valence-corrected chi connectivity index (χ2v) is 13.6. The van der Waals surface area contributed by atoms with E-state index in [-0.39, 0.29) is 35.7 Å². The SMILES string of the molecule is CCc1ccc2c(c1)C(NC[C@@H](O)[C@H](Cc1ccccc1)NC(=O)c1cc(-n3cccn3)c(=O)n(C3CCCC3)c1)CC1(C=CCC1)O2. The number of carbonyl (C=O) groups excluding carboxylic acids is 1. The van der Waals surface area contributed by atoms with Gasteiger partial charge in [-0.2, -0.15) is 5.10 Å². The number of allylic oxidation sites excluding steroid dienone is 1. The Morgan fingerprint density at radius 2 is 1.94 bits per heavy atom. The summed E-state index contributed by atoms with van der Waals surface area (Å²) in [5.41, 5.74) is 3.54. The van der Waals surface area contributed by atoms with E-state index in [1.807, 2.05) is 30.3 Å². The van der Waals surface area contributed by atoms with Gasteiger partial charge in [0.2, 0.25) is 0 Å². The van der Waals surface area contributed by atoms with Gasteiger partial charge in [-0.15, -0.1) is 0 Å². The van der Waals surface area contributed by atoms with E-state index in [2.05, 4.69) is 53.0 Å². The number of amides is 1. The van der Waals surface area contributed by atoms with Crippen LogP contribution in [-0.2, 0) is 12.8 Å². The molecule has 1 amide bonds. The second kappa shape index (κ2) is 13.9. The van der Waals surface area contributed by atoms with Gasteiger partial charge < -0.3 is 25.0 Å². The fraction of sp³-hybridized carbons (Fsp3) is 0.410. The van der Waals surface area contributed by atoms with E-state index in [4.69, 9.17) is 4.74 Å². The number of pyridine rings is 1. The summed E-state index contributed by atoms with van der Waals surface area (Å²) in [6.45, 7) is 2.42. The third-order valence-corrected chi connectivity index (χ3v) is 10.3. The third kappa shape index (κ3) is 6.75. The van der Waals surface area contributed by atoms with Gasteiger partial charge in [0.1, 0.15) is 17.0 Å². The molecule has 2 aromatic carbocycles. The van der Waals surface area contributed by atoms with Crippen LogP contribution in [-0.4, -0.2) is 49.7 Å². The molecule has 3 N–H and O–H groups in total. The van der Waals surface area contributed by atoms with Crippen molar-refractivity contribution >= 4 is 5.91 Å². The van der Waals surface area contributed by atoms with Crippen molar-refractivity contribution in [3.8, 4) is 11.4 Å². The van der Waals surface area contributed by atoms with E-state index in [9.17, 15) is 14.7 Å². The highest BCUT2D eigenvalue weighted by atomic mass is 16.5. The third-order valence-electron chi connectivity index (χ3n) is 10.3. The first kappa shape index (κ1) is 32.1. The lowest BCUT2D eigenvalue weighted by molar-refractivity contribution is 0.0654. The highest BCUT2D eigenvalue weighted by molar-refractivity contribution is 5.94. The zero-order valence-electron chi connectivity index (χ0n) is 27.6. The van der Waals surface area contributed by atoms with Crippen molar-refractivity contribution in [2.45, 2.75) is 94.5 Å². The number of carbonyl (C=O) groups is 1. The van der Waals surface area contributed by atoms with Crippen molar-refractivity contribution in [1.29, 1.82) is 0 Å². The molecule has 3 heterocycles. The highest BCUT2D eigenvalue weighted by Gasteiger charge is 2.41. The van der Waals surface area contributed by atoms with Crippen LogP contribution in [0, 0.1) is 0 Å². The molecule has 2 aromatic heterocycles. The standard InChI is InChI=1S/C39H45N5O4/c1-2-27-15-16-36-31(21-27)33(24-39(48-36)17-8-9-18-39)40-25-35(45)32(22-28-11-4-3-5-12-28)42-37(46)29-23-34(44-20-10-19-41-44)38(47)43(26-29)30-13-6-7-14-30/h3-5,8,10-12,15-17,19-21,23,26,30,32-33,35,40,45H,2,6-7,9,13-14,18,22,24-25H2,1H3,(H,42,46)/t32-,33?,35+,39?/m0/s1. The summed E-state index contributed by atoms with van der Waals surface area (Å²) in [5, 5.41) is 22.9. The van der Waals surface area contributed by atoms with E-state index < -0.39 is 12.1 Å². The summed E-state index contributed by atoms with van der Waals surface area (Å²) in [7, 11) is 0. The number of aryl methyl sites for hydroxylation is 1. The molecule has 1 aliphatic heterocycles. The van der Waals surface area contributed by atoms with Crippen molar-refractivity contribution in [1.82, 2.24) is 25.0 Å². The van der Waals surface area contributed by atoms with Crippen LogP contribution in [0.25, 0.3) is 5.69 Å². The number of hydrogen-bond acceptors (Lipinski definition) is 6. The van der Waals surface area contributed by atoms with Gasteiger partial charge in [-0.1, -0.05) is 68.3 Å². The van der Waals surface area contributed by atoms with Crippen LogP contribution < -0.4 is 20.9 Å². The molecule has 3 aliphatic rings. The Hall–Kier alpha value is -4.47. The molecule has 4 aromatic rings. The van der Waals surface area contributed by atoms with Crippen LogP contribution >= 0.6 is 0 Å².